The molecule has 0 saturated heterocycles. The lowest BCUT2D eigenvalue weighted by atomic mass is 10.1. The monoisotopic (exact) mass is 432 g/mol. The lowest BCUT2D eigenvalue weighted by Gasteiger charge is -2.16. The van der Waals surface area contributed by atoms with Gasteiger partial charge in [-0.3, -0.25) is 0 Å². The zero-order valence-electron chi connectivity index (χ0n) is 18.6. The van der Waals surface area contributed by atoms with E-state index in [1.165, 1.54) is 5.56 Å². The zero-order valence-corrected chi connectivity index (χ0v) is 18.6. The Morgan fingerprint density at radius 2 is 1.69 bits per heavy atom. The highest BCUT2D eigenvalue weighted by atomic mass is 16.5. The Morgan fingerprint density at radius 1 is 0.938 bits per heavy atom. The first-order valence-corrected chi connectivity index (χ1v) is 10.6. The summed E-state index contributed by atoms with van der Waals surface area (Å²) in [5.74, 6) is 2.98. The molecule has 0 amide bonds. The molecular formula is C26H28N2O4. The zero-order chi connectivity index (χ0) is 22.5. The highest BCUT2D eigenvalue weighted by Gasteiger charge is 2.16. The predicted molar refractivity (Wildman–Crippen MR) is 125 cm³/mol. The number of para-hydroxylation sites is 2. The first kappa shape index (κ1) is 21.7. The second-order valence-corrected chi connectivity index (χ2v) is 7.77. The van der Waals surface area contributed by atoms with E-state index in [0.717, 1.165) is 28.2 Å². The molecule has 6 nitrogen and oxygen atoms in total. The molecule has 0 spiro atoms. The molecule has 1 aromatic heterocycles. The first-order chi connectivity index (χ1) is 15.6. The molecule has 1 N–H and O–H groups in total. The van der Waals surface area contributed by atoms with Gasteiger partial charge >= 0.3 is 0 Å². The Labute approximate surface area is 188 Å². The van der Waals surface area contributed by atoms with Gasteiger partial charge in [-0.05, 0) is 48.9 Å². The fourth-order valence-electron chi connectivity index (χ4n) is 3.73. The molecule has 0 aliphatic carbocycles. The standard InChI is InChI=1S/C26H28N2O4/c1-18-8-11-21(12-9-18)32-17-20(29)16-28-23-7-5-4-6-22(23)27-26(28)15-19-10-13-24(30-2)25(14-19)31-3/h4-14,20,29H,15-17H2,1-3H3. The molecular weight excluding hydrogens is 404 g/mol. The molecule has 0 aliphatic heterocycles. The maximum atomic E-state index is 10.7. The van der Waals surface area contributed by atoms with E-state index >= 15 is 0 Å². The van der Waals surface area contributed by atoms with Crippen LogP contribution in [0.3, 0.4) is 0 Å². The minimum absolute atomic E-state index is 0.200. The summed E-state index contributed by atoms with van der Waals surface area (Å²) in [6.45, 7) is 2.61. The predicted octanol–water partition coefficient (Wildman–Crippen LogP) is 4.39. The summed E-state index contributed by atoms with van der Waals surface area (Å²) < 4.78 is 18.6. The summed E-state index contributed by atoms with van der Waals surface area (Å²) >= 11 is 0. The fraction of sp³-hybridized carbons (Fsp3) is 0.269. The summed E-state index contributed by atoms with van der Waals surface area (Å²) in [4.78, 5) is 4.83. The number of hydrogen-bond donors (Lipinski definition) is 1. The van der Waals surface area contributed by atoms with Crippen LogP contribution in [0, 0.1) is 6.92 Å². The molecule has 6 heteroatoms. The van der Waals surface area contributed by atoms with E-state index in [0.29, 0.717) is 24.5 Å². The number of nitrogens with zero attached hydrogens (tertiary/aromatic N) is 2. The average Bonchev–Trinajstić information content (AvgIpc) is 3.15. The van der Waals surface area contributed by atoms with Gasteiger partial charge in [-0.2, -0.15) is 0 Å². The molecule has 1 atom stereocenters. The minimum atomic E-state index is -0.682. The van der Waals surface area contributed by atoms with Crippen LogP contribution < -0.4 is 14.2 Å². The van der Waals surface area contributed by atoms with E-state index in [-0.39, 0.29) is 6.61 Å². The Morgan fingerprint density at radius 3 is 2.44 bits per heavy atom. The van der Waals surface area contributed by atoms with Gasteiger partial charge in [-0.1, -0.05) is 35.9 Å². The van der Waals surface area contributed by atoms with Crippen molar-refractivity contribution in [2.45, 2.75) is 26.0 Å². The van der Waals surface area contributed by atoms with E-state index in [4.69, 9.17) is 19.2 Å². The number of methoxy groups -OCH3 is 2. The maximum absolute atomic E-state index is 10.7. The van der Waals surface area contributed by atoms with Crippen LogP contribution in [0.4, 0.5) is 0 Å². The molecule has 0 bridgehead atoms. The minimum Gasteiger partial charge on any atom is -0.493 e. The molecule has 4 aromatic rings. The third kappa shape index (κ3) is 4.86. The van der Waals surface area contributed by atoms with Gasteiger partial charge in [0.15, 0.2) is 11.5 Å². The van der Waals surface area contributed by atoms with Gasteiger partial charge in [-0.15, -0.1) is 0 Å². The topological polar surface area (TPSA) is 65.7 Å². The maximum Gasteiger partial charge on any atom is 0.161 e. The smallest absolute Gasteiger partial charge is 0.161 e. The second-order valence-electron chi connectivity index (χ2n) is 7.77. The molecule has 1 unspecified atom stereocenters. The Balaban J connectivity index is 1.55. The molecule has 0 aliphatic rings. The fourth-order valence-corrected chi connectivity index (χ4v) is 3.73. The van der Waals surface area contributed by atoms with Crippen LogP contribution in [-0.2, 0) is 13.0 Å². The Bertz CT molecular complexity index is 1180. The van der Waals surface area contributed by atoms with Crippen LogP contribution in [0.25, 0.3) is 11.0 Å². The molecule has 3 aromatic carbocycles. The highest BCUT2D eigenvalue weighted by molar-refractivity contribution is 5.76. The number of fused-ring (bicyclic) bond motifs is 1. The van der Waals surface area contributed by atoms with Crippen molar-refractivity contribution in [3.63, 3.8) is 0 Å². The summed E-state index contributed by atoms with van der Waals surface area (Å²) in [5.41, 5.74) is 4.10. The van der Waals surface area contributed by atoms with E-state index < -0.39 is 6.10 Å². The summed E-state index contributed by atoms with van der Waals surface area (Å²) in [7, 11) is 3.25. The van der Waals surface area contributed by atoms with Gasteiger partial charge in [-0.25, -0.2) is 4.98 Å². The third-order valence-corrected chi connectivity index (χ3v) is 5.40. The van der Waals surface area contributed by atoms with Gasteiger partial charge in [0.25, 0.3) is 0 Å². The van der Waals surface area contributed by atoms with Crippen molar-refractivity contribution in [3.8, 4) is 17.2 Å². The number of aliphatic hydroxyl groups is 1. The van der Waals surface area contributed by atoms with Gasteiger partial charge in [0, 0.05) is 6.42 Å². The Hall–Kier alpha value is -3.51. The number of imidazole rings is 1. The molecule has 0 radical (unpaired) electrons. The number of hydrogen-bond acceptors (Lipinski definition) is 5. The summed E-state index contributed by atoms with van der Waals surface area (Å²) in [5, 5.41) is 10.7. The quantitative estimate of drug-likeness (QED) is 0.425. The third-order valence-electron chi connectivity index (χ3n) is 5.40. The van der Waals surface area contributed by atoms with Crippen molar-refractivity contribution in [1.29, 1.82) is 0 Å². The van der Waals surface area contributed by atoms with Crippen molar-refractivity contribution in [1.82, 2.24) is 9.55 Å². The van der Waals surface area contributed by atoms with Crippen molar-refractivity contribution in [3.05, 3.63) is 83.7 Å². The molecule has 0 saturated carbocycles. The largest absolute Gasteiger partial charge is 0.493 e. The number of ether oxygens (including phenoxy) is 3. The van der Waals surface area contributed by atoms with Crippen LogP contribution in [0.1, 0.15) is 17.0 Å². The molecule has 1 heterocycles. The van der Waals surface area contributed by atoms with Crippen molar-refractivity contribution < 1.29 is 19.3 Å². The van der Waals surface area contributed by atoms with Crippen LogP contribution in [0.2, 0.25) is 0 Å². The molecule has 32 heavy (non-hydrogen) atoms. The van der Waals surface area contributed by atoms with Crippen LogP contribution in [-0.4, -0.2) is 41.6 Å². The van der Waals surface area contributed by atoms with Crippen molar-refractivity contribution >= 4 is 11.0 Å². The lowest BCUT2D eigenvalue weighted by Crippen LogP contribution is -2.24. The van der Waals surface area contributed by atoms with E-state index in [1.54, 1.807) is 14.2 Å². The van der Waals surface area contributed by atoms with E-state index in [1.807, 2.05) is 73.7 Å². The summed E-state index contributed by atoms with van der Waals surface area (Å²) in [6.07, 6.45) is -0.0846. The van der Waals surface area contributed by atoms with Gasteiger partial charge in [0.1, 0.15) is 24.3 Å². The normalized spacial score (nSPS) is 12.0. The first-order valence-electron chi connectivity index (χ1n) is 10.6. The number of aromatic nitrogens is 2. The van der Waals surface area contributed by atoms with Crippen molar-refractivity contribution in [2.75, 3.05) is 20.8 Å². The van der Waals surface area contributed by atoms with Gasteiger partial charge < -0.3 is 23.9 Å². The van der Waals surface area contributed by atoms with E-state index in [2.05, 4.69) is 4.57 Å². The van der Waals surface area contributed by atoms with Crippen molar-refractivity contribution in [2.24, 2.45) is 0 Å². The van der Waals surface area contributed by atoms with Crippen LogP contribution in [0.5, 0.6) is 17.2 Å². The number of rotatable bonds is 9. The van der Waals surface area contributed by atoms with Gasteiger partial charge in [0.2, 0.25) is 0 Å². The Kier molecular flexibility index (Phi) is 6.61. The molecule has 4 rings (SSSR count). The van der Waals surface area contributed by atoms with Crippen LogP contribution >= 0.6 is 0 Å². The second kappa shape index (κ2) is 9.75. The summed E-state index contributed by atoms with van der Waals surface area (Å²) in [6, 6.07) is 21.6. The van der Waals surface area contributed by atoms with E-state index in [9.17, 15) is 5.11 Å². The number of benzene rings is 3. The van der Waals surface area contributed by atoms with Gasteiger partial charge in [0.05, 0.1) is 31.8 Å². The SMILES string of the molecule is COc1ccc(Cc2nc3ccccc3n2CC(O)COc2ccc(C)cc2)cc1OC. The highest BCUT2D eigenvalue weighted by Crippen LogP contribution is 2.29. The molecule has 166 valence electrons. The molecule has 0 fully saturated rings. The number of aryl methyl sites for hydroxylation is 1. The van der Waals surface area contributed by atoms with Crippen LogP contribution in [0.15, 0.2) is 66.7 Å². The lowest BCUT2D eigenvalue weighted by molar-refractivity contribution is 0.0928. The number of aliphatic hydroxyl groups excluding tert-OH is 1. The average molecular weight is 433 g/mol.